The first-order chi connectivity index (χ1) is 11.5. The quantitative estimate of drug-likeness (QED) is 0.892. The maximum absolute atomic E-state index is 12.8. The van der Waals surface area contributed by atoms with Gasteiger partial charge in [-0.2, -0.15) is 0 Å². The van der Waals surface area contributed by atoms with Crippen LogP contribution in [0.4, 0.5) is 4.39 Å². The Balaban J connectivity index is 1.58. The van der Waals surface area contributed by atoms with E-state index in [1.807, 2.05) is 0 Å². The number of carbonyl (C=O) groups is 2. The number of likely N-dealkylation sites (tertiary alicyclic amines) is 1. The Morgan fingerprint density at radius 2 is 2.12 bits per heavy atom. The molecule has 0 bridgehead atoms. The molecule has 0 radical (unpaired) electrons. The molecule has 126 valence electrons. The van der Waals surface area contributed by atoms with Crippen molar-refractivity contribution in [2.45, 2.75) is 13.0 Å². The summed E-state index contributed by atoms with van der Waals surface area (Å²) in [5.74, 6) is -0.665. The number of hydrogen-bond acceptors (Lipinski definition) is 5. The highest BCUT2D eigenvalue weighted by Crippen LogP contribution is 2.20. The Bertz CT molecular complexity index is 747. The number of aromatic nitrogens is 1. The fraction of sp³-hybridized carbons (Fsp3) is 0.312. The van der Waals surface area contributed by atoms with Crippen LogP contribution >= 0.6 is 11.3 Å². The number of amides is 2. The summed E-state index contributed by atoms with van der Waals surface area (Å²) in [5.41, 5.74) is 5.61. The van der Waals surface area contributed by atoms with Crippen LogP contribution in [0.3, 0.4) is 0 Å². The van der Waals surface area contributed by atoms with Gasteiger partial charge >= 0.3 is 0 Å². The van der Waals surface area contributed by atoms with Gasteiger partial charge in [-0.1, -0.05) is 0 Å². The second kappa shape index (κ2) is 6.96. The van der Waals surface area contributed by atoms with Gasteiger partial charge in [0.1, 0.15) is 28.9 Å². The first-order valence-electron chi connectivity index (χ1n) is 7.44. The summed E-state index contributed by atoms with van der Waals surface area (Å²) < 4.78 is 18.3. The van der Waals surface area contributed by atoms with E-state index < -0.39 is 0 Å². The van der Waals surface area contributed by atoms with E-state index in [1.54, 1.807) is 10.3 Å². The van der Waals surface area contributed by atoms with Crippen LogP contribution in [0.15, 0.2) is 29.6 Å². The van der Waals surface area contributed by atoms with Gasteiger partial charge in [-0.25, -0.2) is 9.37 Å². The Hall–Kier alpha value is -2.48. The Morgan fingerprint density at radius 3 is 2.79 bits per heavy atom. The monoisotopic (exact) mass is 349 g/mol. The largest absolute Gasteiger partial charge is 0.486 e. The van der Waals surface area contributed by atoms with Gasteiger partial charge < -0.3 is 15.4 Å². The molecule has 1 atom stereocenters. The van der Waals surface area contributed by atoms with Gasteiger partial charge in [-0.3, -0.25) is 9.59 Å². The molecular formula is C16H16FN3O3S. The molecule has 2 N–H and O–H groups in total. The van der Waals surface area contributed by atoms with E-state index in [-0.39, 0.29) is 30.2 Å². The van der Waals surface area contributed by atoms with Gasteiger partial charge in [0.2, 0.25) is 5.91 Å². The highest BCUT2D eigenvalue weighted by atomic mass is 32.1. The Labute approximate surface area is 142 Å². The summed E-state index contributed by atoms with van der Waals surface area (Å²) in [6, 6.07) is 5.69. The molecule has 8 heteroatoms. The van der Waals surface area contributed by atoms with Crippen molar-refractivity contribution in [3.63, 3.8) is 0 Å². The van der Waals surface area contributed by atoms with Gasteiger partial charge in [0.15, 0.2) is 0 Å². The molecule has 0 saturated carbocycles. The smallest absolute Gasteiger partial charge is 0.273 e. The summed E-state index contributed by atoms with van der Waals surface area (Å²) in [4.78, 5) is 29.4. The molecule has 1 aliphatic heterocycles. The van der Waals surface area contributed by atoms with E-state index in [2.05, 4.69) is 4.98 Å². The zero-order valence-electron chi connectivity index (χ0n) is 12.8. The molecule has 1 aromatic heterocycles. The van der Waals surface area contributed by atoms with Crippen LogP contribution in [0.2, 0.25) is 0 Å². The number of rotatable bonds is 5. The molecule has 2 heterocycles. The van der Waals surface area contributed by atoms with E-state index in [0.717, 1.165) is 0 Å². The SMILES string of the molecule is NC(=O)C1CCN(C(=O)c2csc(COc3ccc(F)cc3)n2)C1. The molecule has 1 saturated heterocycles. The number of primary amides is 1. The Morgan fingerprint density at radius 1 is 1.38 bits per heavy atom. The molecule has 0 aliphatic carbocycles. The summed E-state index contributed by atoms with van der Waals surface area (Å²) in [6.45, 7) is 1.05. The zero-order chi connectivity index (χ0) is 17.1. The summed E-state index contributed by atoms with van der Waals surface area (Å²) in [6.07, 6.45) is 0.589. The lowest BCUT2D eigenvalue weighted by molar-refractivity contribution is -0.121. The normalized spacial score (nSPS) is 17.0. The summed E-state index contributed by atoms with van der Waals surface area (Å²) in [7, 11) is 0. The summed E-state index contributed by atoms with van der Waals surface area (Å²) in [5, 5.41) is 2.32. The third kappa shape index (κ3) is 3.70. The van der Waals surface area contributed by atoms with Gasteiger partial charge in [0.25, 0.3) is 5.91 Å². The highest BCUT2D eigenvalue weighted by Gasteiger charge is 2.31. The van der Waals surface area contributed by atoms with Crippen LogP contribution in [-0.4, -0.2) is 34.8 Å². The number of benzene rings is 1. The molecule has 24 heavy (non-hydrogen) atoms. The molecule has 1 aromatic carbocycles. The number of halogens is 1. The second-order valence-electron chi connectivity index (χ2n) is 5.51. The third-order valence-corrected chi connectivity index (χ3v) is 4.65. The van der Waals surface area contributed by atoms with Crippen molar-refractivity contribution >= 4 is 23.2 Å². The summed E-state index contributed by atoms with van der Waals surface area (Å²) >= 11 is 1.32. The van der Waals surface area contributed by atoms with Gasteiger partial charge in [0, 0.05) is 18.5 Å². The Kier molecular flexibility index (Phi) is 4.75. The predicted octanol–water partition coefficient (Wildman–Crippen LogP) is 1.81. The van der Waals surface area contributed by atoms with Crippen LogP contribution in [0.5, 0.6) is 5.75 Å². The molecule has 1 aliphatic rings. The minimum atomic E-state index is -0.378. The molecule has 2 amide bonds. The number of nitrogens with zero attached hydrogens (tertiary/aromatic N) is 2. The number of nitrogens with two attached hydrogens (primary N) is 1. The molecular weight excluding hydrogens is 333 g/mol. The average molecular weight is 349 g/mol. The topological polar surface area (TPSA) is 85.5 Å². The maximum Gasteiger partial charge on any atom is 0.273 e. The maximum atomic E-state index is 12.8. The average Bonchev–Trinajstić information content (AvgIpc) is 3.23. The van der Waals surface area contributed by atoms with Crippen molar-refractivity contribution in [1.82, 2.24) is 9.88 Å². The predicted molar refractivity (Wildman–Crippen MR) is 86.1 cm³/mol. The van der Waals surface area contributed by atoms with Crippen molar-refractivity contribution in [3.8, 4) is 5.75 Å². The van der Waals surface area contributed by atoms with Crippen LogP contribution in [0.25, 0.3) is 0 Å². The molecule has 2 aromatic rings. The molecule has 3 rings (SSSR count). The van der Waals surface area contributed by atoms with E-state index in [1.165, 1.54) is 35.6 Å². The van der Waals surface area contributed by atoms with Gasteiger partial charge in [0.05, 0.1) is 5.92 Å². The lowest BCUT2D eigenvalue weighted by Crippen LogP contribution is -2.31. The highest BCUT2D eigenvalue weighted by molar-refractivity contribution is 7.09. The first-order valence-corrected chi connectivity index (χ1v) is 8.32. The number of thiazole rings is 1. The molecule has 6 nitrogen and oxygen atoms in total. The first kappa shape index (κ1) is 16.4. The standard InChI is InChI=1S/C16H16FN3O3S/c17-11-1-3-12(4-2-11)23-8-14-19-13(9-24-14)16(22)20-6-5-10(7-20)15(18)21/h1-4,9-10H,5-8H2,(H2,18,21). The number of carbonyl (C=O) groups excluding carboxylic acids is 2. The minimum Gasteiger partial charge on any atom is -0.486 e. The third-order valence-electron chi connectivity index (χ3n) is 3.82. The van der Waals surface area contributed by atoms with Crippen LogP contribution in [-0.2, 0) is 11.4 Å². The van der Waals surface area contributed by atoms with E-state index in [0.29, 0.717) is 36.0 Å². The molecule has 1 fully saturated rings. The lowest BCUT2D eigenvalue weighted by Gasteiger charge is -2.14. The second-order valence-corrected chi connectivity index (χ2v) is 6.45. The van der Waals surface area contributed by atoms with Gasteiger partial charge in [-0.15, -0.1) is 11.3 Å². The minimum absolute atomic E-state index is 0.202. The van der Waals surface area contributed by atoms with E-state index >= 15 is 0 Å². The van der Waals surface area contributed by atoms with Crippen LogP contribution < -0.4 is 10.5 Å². The molecule has 1 unspecified atom stereocenters. The van der Waals surface area contributed by atoms with Gasteiger partial charge in [-0.05, 0) is 30.7 Å². The van der Waals surface area contributed by atoms with Crippen molar-refractivity contribution in [1.29, 1.82) is 0 Å². The van der Waals surface area contributed by atoms with E-state index in [4.69, 9.17) is 10.5 Å². The van der Waals surface area contributed by atoms with Crippen LogP contribution in [0, 0.1) is 11.7 Å². The van der Waals surface area contributed by atoms with Crippen molar-refractivity contribution in [3.05, 3.63) is 46.2 Å². The van der Waals surface area contributed by atoms with Crippen molar-refractivity contribution < 1.29 is 18.7 Å². The van der Waals surface area contributed by atoms with E-state index in [9.17, 15) is 14.0 Å². The number of hydrogen-bond donors (Lipinski definition) is 1. The zero-order valence-corrected chi connectivity index (χ0v) is 13.6. The van der Waals surface area contributed by atoms with Crippen LogP contribution in [0.1, 0.15) is 21.9 Å². The van der Waals surface area contributed by atoms with Crippen molar-refractivity contribution in [2.75, 3.05) is 13.1 Å². The fourth-order valence-corrected chi connectivity index (χ4v) is 3.17. The molecule has 0 spiro atoms. The fourth-order valence-electron chi connectivity index (χ4n) is 2.49. The lowest BCUT2D eigenvalue weighted by atomic mass is 10.1. The van der Waals surface area contributed by atoms with Crippen molar-refractivity contribution in [2.24, 2.45) is 11.7 Å². The number of ether oxygens (including phenoxy) is 1.